The van der Waals surface area contributed by atoms with Crippen LogP contribution in [-0.2, 0) is 24.7 Å². The van der Waals surface area contributed by atoms with Crippen LogP contribution in [0, 0.1) is 0 Å². The summed E-state index contributed by atoms with van der Waals surface area (Å²) in [5, 5.41) is 0. The summed E-state index contributed by atoms with van der Waals surface area (Å²) in [5.41, 5.74) is 0. The summed E-state index contributed by atoms with van der Waals surface area (Å²) in [4.78, 5) is 0. The zero-order chi connectivity index (χ0) is 17.4. The molecule has 12 heteroatoms. The third-order valence-corrected chi connectivity index (χ3v) is 21.3. The Morgan fingerprint density at radius 3 is 1.55 bits per heavy atom. The Kier molecular flexibility index (Phi) is 6.48. The molecule has 0 saturated carbocycles. The van der Waals surface area contributed by atoms with E-state index in [1.54, 1.807) is 0 Å². The third-order valence-electron chi connectivity index (χ3n) is 2.37. The van der Waals surface area contributed by atoms with Crippen molar-refractivity contribution in [2.24, 2.45) is 0 Å². The first kappa shape index (κ1) is 21.1. The van der Waals surface area contributed by atoms with Gasteiger partial charge in [-0.3, -0.25) is 0 Å². The van der Waals surface area contributed by atoms with E-state index in [4.69, 9.17) is 24.7 Å². The Hall–Kier alpha value is 1.06. The van der Waals surface area contributed by atoms with E-state index in [9.17, 15) is 0 Å². The molecule has 1 aliphatic heterocycles. The van der Waals surface area contributed by atoms with Gasteiger partial charge in [-0.2, -0.15) is 0 Å². The van der Waals surface area contributed by atoms with Gasteiger partial charge in [0.25, 0.3) is 10.0 Å². The summed E-state index contributed by atoms with van der Waals surface area (Å²) in [6, 6.07) is 0. The molecule has 0 N–H and O–H groups in total. The summed E-state index contributed by atoms with van der Waals surface area (Å²) >= 11 is 0. The molecule has 0 atom stereocenters. The van der Waals surface area contributed by atoms with E-state index in [1.165, 1.54) is 0 Å². The lowest BCUT2D eigenvalue weighted by Crippen LogP contribution is -2.67. The Labute approximate surface area is 143 Å². The topological polar surface area (TPSA) is 55.4 Å². The predicted octanol–water partition coefficient (Wildman–Crippen LogP) is 2.61. The second kappa shape index (κ2) is 6.76. The van der Waals surface area contributed by atoms with Crippen LogP contribution in [0.25, 0.3) is 0 Å². The monoisotopic (exact) mass is 416 g/mol. The van der Waals surface area contributed by atoms with Crippen LogP contribution in [0.3, 0.4) is 0 Å². The fourth-order valence-electron chi connectivity index (χ4n) is 2.09. The van der Waals surface area contributed by atoms with E-state index >= 15 is 0 Å². The van der Waals surface area contributed by atoms with Crippen LogP contribution in [0.1, 0.15) is 0 Å². The molecule has 0 unspecified atom stereocenters. The molecule has 0 aromatic carbocycles. The van der Waals surface area contributed by atoms with Crippen molar-refractivity contribution in [3.8, 4) is 0 Å². The summed E-state index contributed by atoms with van der Waals surface area (Å²) in [5.74, 6) is 0. The lowest BCUT2D eigenvalue weighted by Gasteiger charge is -2.45. The fraction of sp³-hybridized carbons (Fsp3) is 1.00. The third kappa shape index (κ3) is 7.75. The van der Waals surface area contributed by atoms with Crippen molar-refractivity contribution in [2.75, 3.05) is 0 Å². The summed E-state index contributed by atoms with van der Waals surface area (Å²) in [6.45, 7) is 20.8. The maximum atomic E-state index is 6.40. The second-order valence-electron chi connectivity index (χ2n) is 8.34. The molecular formula is C10H32O6Si6. The van der Waals surface area contributed by atoms with Gasteiger partial charge in [-0.15, -0.1) is 0 Å². The molecule has 0 aromatic rings. The average Bonchev–Trinajstić information content (AvgIpc) is 2.04. The molecule has 132 valence electrons. The molecule has 0 aromatic heterocycles. The van der Waals surface area contributed by atoms with Gasteiger partial charge in [0.05, 0.1) is 0 Å². The molecule has 0 aliphatic carbocycles. The standard InChI is InChI=1S/C10H32O6Si6/c1-18(2,3)13-22(14-19(4,5)6)12-17-11-20(7,8)15-21(9,10)16-22/h17H2,1-10H3. The van der Waals surface area contributed by atoms with Crippen LogP contribution >= 0.6 is 0 Å². The minimum Gasteiger partial charge on any atom is -0.420 e. The minimum atomic E-state index is -3.21. The van der Waals surface area contributed by atoms with Gasteiger partial charge in [0.1, 0.15) is 0 Å². The Bertz CT molecular complexity index is 374. The fourth-order valence-corrected chi connectivity index (χ4v) is 22.9. The zero-order valence-electron chi connectivity index (χ0n) is 15.7. The van der Waals surface area contributed by atoms with Crippen LogP contribution in [0.15, 0.2) is 0 Å². The molecule has 0 bridgehead atoms. The van der Waals surface area contributed by atoms with Crippen molar-refractivity contribution in [1.82, 2.24) is 0 Å². The van der Waals surface area contributed by atoms with Crippen molar-refractivity contribution in [3.63, 3.8) is 0 Å². The van der Waals surface area contributed by atoms with Crippen molar-refractivity contribution in [1.29, 1.82) is 0 Å². The lowest BCUT2D eigenvalue weighted by molar-refractivity contribution is 0.119. The second-order valence-corrected chi connectivity index (χ2v) is 29.2. The molecule has 0 radical (unpaired) electrons. The van der Waals surface area contributed by atoms with Crippen LogP contribution < -0.4 is 0 Å². The highest BCUT2D eigenvalue weighted by atomic mass is 28.6. The first-order chi connectivity index (χ1) is 9.54. The quantitative estimate of drug-likeness (QED) is 0.657. The van der Waals surface area contributed by atoms with Crippen LogP contribution in [-0.4, -0.2) is 52.8 Å². The van der Waals surface area contributed by atoms with Gasteiger partial charge in [-0.25, -0.2) is 0 Å². The maximum absolute atomic E-state index is 6.40. The number of rotatable bonds is 4. The first-order valence-electron chi connectivity index (χ1n) is 7.62. The molecule has 22 heavy (non-hydrogen) atoms. The Morgan fingerprint density at radius 2 is 1.14 bits per heavy atom. The molecule has 0 amide bonds. The molecular weight excluding hydrogens is 385 g/mol. The van der Waals surface area contributed by atoms with E-state index in [0.29, 0.717) is 0 Å². The number of hydrogen-bond acceptors (Lipinski definition) is 6. The Morgan fingerprint density at radius 1 is 0.682 bits per heavy atom. The largest absolute Gasteiger partial charge is 0.639 e. The van der Waals surface area contributed by atoms with Crippen LogP contribution in [0.2, 0.25) is 65.5 Å². The normalized spacial score (nSPS) is 26.5. The van der Waals surface area contributed by atoms with Gasteiger partial charge in [0.2, 0.25) is 0 Å². The van der Waals surface area contributed by atoms with E-state index < -0.39 is 52.8 Å². The smallest absolute Gasteiger partial charge is 0.420 e. The summed E-state index contributed by atoms with van der Waals surface area (Å²) in [7, 11) is -12.9. The highest BCUT2D eigenvalue weighted by Crippen LogP contribution is 2.30. The van der Waals surface area contributed by atoms with Crippen LogP contribution in [0.5, 0.6) is 0 Å². The highest BCUT2D eigenvalue weighted by molar-refractivity contribution is 6.91. The van der Waals surface area contributed by atoms with E-state index in [2.05, 4.69) is 39.3 Å². The maximum Gasteiger partial charge on any atom is 0.639 e. The van der Waals surface area contributed by atoms with Gasteiger partial charge in [-0.05, 0) is 65.5 Å². The van der Waals surface area contributed by atoms with Crippen LogP contribution in [0.4, 0.5) is 0 Å². The lowest BCUT2D eigenvalue weighted by atomic mass is 11.8. The molecule has 1 saturated heterocycles. The SMILES string of the molecule is C[Si](C)(C)O[Si]1(O[Si](C)(C)C)O[SiH2]O[Si](C)(C)O[Si](C)(C)O1. The van der Waals surface area contributed by atoms with Gasteiger partial charge in [0, 0.05) is 0 Å². The van der Waals surface area contributed by atoms with Crippen molar-refractivity contribution >= 4 is 52.8 Å². The Balaban J connectivity index is 3.13. The van der Waals surface area contributed by atoms with Crippen molar-refractivity contribution in [3.05, 3.63) is 0 Å². The van der Waals surface area contributed by atoms with Gasteiger partial charge in [-0.1, -0.05) is 0 Å². The molecule has 1 aliphatic rings. The summed E-state index contributed by atoms with van der Waals surface area (Å²) < 4.78 is 37.5. The molecule has 0 spiro atoms. The van der Waals surface area contributed by atoms with Gasteiger partial charge in [0.15, 0.2) is 16.6 Å². The van der Waals surface area contributed by atoms with Crippen molar-refractivity contribution in [2.45, 2.75) is 65.5 Å². The summed E-state index contributed by atoms with van der Waals surface area (Å²) in [6.07, 6.45) is 0. The minimum absolute atomic E-state index is 1.25. The highest BCUT2D eigenvalue weighted by Gasteiger charge is 2.57. The van der Waals surface area contributed by atoms with E-state index in [1.807, 2.05) is 26.2 Å². The first-order valence-corrected chi connectivity index (χ1v) is 22.9. The molecule has 6 nitrogen and oxygen atoms in total. The molecule has 1 rings (SSSR count). The van der Waals surface area contributed by atoms with Gasteiger partial charge < -0.3 is 24.7 Å². The van der Waals surface area contributed by atoms with Crippen molar-refractivity contribution < 1.29 is 24.7 Å². The zero-order valence-corrected chi connectivity index (χ0v) is 22.1. The van der Waals surface area contributed by atoms with E-state index in [0.717, 1.165) is 0 Å². The van der Waals surface area contributed by atoms with E-state index in [-0.39, 0.29) is 0 Å². The number of hydrogen-bond donors (Lipinski definition) is 0. The average molecular weight is 417 g/mol. The molecule has 1 heterocycles. The van der Waals surface area contributed by atoms with Gasteiger partial charge >= 0.3 is 26.2 Å². The molecule has 1 fully saturated rings. The predicted molar refractivity (Wildman–Crippen MR) is 102 cm³/mol.